The van der Waals surface area contributed by atoms with E-state index in [0.29, 0.717) is 6.61 Å². The molecule has 1 aliphatic heterocycles. The molecule has 0 aromatic heterocycles. The Hall–Kier alpha value is -2.21. The largest absolute Gasteiger partial charge is 0.468 e. The van der Waals surface area contributed by atoms with Gasteiger partial charge in [-0.1, -0.05) is 60.7 Å². The molecule has 0 aliphatic carbocycles. The lowest BCUT2D eigenvalue weighted by atomic mass is 9.98. The molecular formula is C21H26N2O3. The van der Waals surface area contributed by atoms with E-state index in [2.05, 4.69) is 22.5 Å². The third-order valence-electron chi connectivity index (χ3n) is 4.72. The number of benzene rings is 2. The molecule has 1 aliphatic rings. The highest BCUT2D eigenvalue weighted by molar-refractivity contribution is 5.75. The Kier molecular flexibility index (Phi) is 6.77. The third-order valence-corrected chi connectivity index (χ3v) is 4.72. The van der Waals surface area contributed by atoms with E-state index in [1.54, 1.807) is 0 Å². The second-order valence-electron chi connectivity index (χ2n) is 6.62. The first kappa shape index (κ1) is 18.6. The lowest BCUT2D eigenvalue weighted by Crippen LogP contribution is -2.53. The van der Waals surface area contributed by atoms with Gasteiger partial charge in [0.1, 0.15) is 6.04 Å². The maximum atomic E-state index is 12.2. The average molecular weight is 354 g/mol. The van der Waals surface area contributed by atoms with Crippen LogP contribution in [-0.2, 0) is 27.5 Å². The number of hydrogen-bond acceptors (Lipinski definition) is 5. The molecule has 1 saturated heterocycles. The van der Waals surface area contributed by atoms with Crippen LogP contribution in [0, 0.1) is 0 Å². The highest BCUT2D eigenvalue weighted by atomic mass is 16.6. The van der Waals surface area contributed by atoms with E-state index in [0.717, 1.165) is 31.5 Å². The van der Waals surface area contributed by atoms with E-state index in [9.17, 15) is 4.79 Å². The Morgan fingerprint density at radius 2 is 1.69 bits per heavy atom. The monoisotopic (exact) mass is 354 g/mol. The zero-order chi connectivity index (χ0) is 18.2. The van der Waals surface area contributed by atoms with Crippen molar-refractivity contribution in [1.82, 2.24) is 10.4 Å². The molecule has 3 rings (SSSR count). The van der Waals surface area contributed by atoms with Crippen molar-refractivity contribution in [2.45, 2.75) is 38.1 Å². The fourth-order valence-corrected chi connectivity index (χ4v) is 3.35. The van der Waals surface area contributed by atoms with Gasteiger partial charge in [-0.15, -0.1) is 0 Å². The highest BCUT2D eigenvalue weighted by Crippen LogP contribution is 2.21. The fourth-order valence-electron chi connectivity index (χ4n) is 3.35. The third kappa shape index (κ3) is 5.14. The molecule has 0 amide bonds. The molecule has 2 aromatic carbocycles. The predicted molar refractivity (Wildman–Crippen MR) is 100 cm³/mol. The number of nitrogens with zero attached hydrogens (tertiary/aromatic N) is 1. The summed E-state index contributed by atoms with van der Waals surface area (Å²) in [5.41, 5.74) is 5.49. The normalized spacial score (nSPS) is 20.7. The Labute approximate surface area is 154 Å². The number of ether oxygens (including phenoxy) is 1. The quantitative estimate of drug-likeness (QED) is 0.612. The minimum atomic E-state index is -0.202. The topological polar surface area (TPSA) is 50.8 Å². The van der Waals surface area contributed by atoms with E-state index in [1.807, 2.05) is 48.5 Å². The molecule has 1 fully saturated rings. The van der Waals surface area contributed by atoms with E-state index in [1.165, 1.54) is 12.7 Å². The van der Waals surface area contributed by atoms with Crippen LogP contribution in [0.5, 0.6) is 0 Å². The second-order valence-corrected chi connectivity index (χ2v) is 6.62. The molecule has 0 unspecified atom stereocenters. The van der Waals surface area contributed by atoms with Gasteiger partial charge in [-0.3, -0.25) is 14.5 Å². The Morgan fingerprint density at radius 3 is 2.35 bits per heavy atom. The van der Waals surface area contributed by atoms with Gasteiger partial charge in [0, 0.05) is 19.1 Å². The van der Waals surface area contributed by atoms with Crippen molar-refractivity contribution in [3.05, 3.63) is 71.8 Å². The molecule has 0 bridgehead atoms. The number of hydrogen-bond donors (Lipinski definition) is 1. The number of methoxy groups -OCH3 is 1. The van der Waals surface area contributed by atoms with Crippen LogP contribution in [0.1, 0.15) is 24.0 Å². The lowest BCUT2D eigenvalue weighted by molar-refractivity contribution is -0.149. The van der Waals surface area contributed by atoms with Crippen LogP contribution in [-0.4, -0.2) is 36.6 Å². The molecular weight excluding hydrogens is 328 g/mol. The van der Waals surface area contributed by atoms with Crippen molar-refractivity contribution in [2.24, 2.45) is 0 Å². The number of piperidine rings is 1. The number of rotatable bonds is 7. The van der Waals surface area contributed by atoms with Gasteiger partial charge in [-0.05, 0) is 24.0 Å². The van der Waals surface area contributed by atoms with Crippen molar-refractivity contribution < 1.29 is 14.4 Å². The van der Waals surface area contributed by atoms with Crippen molar-refractivity contribution in [2.75, 3.05) is 13.7 Å². The predicted octanol–water partition coefficient (Wildman–Crippen LogP) is 2.91. The number of carbonyl (C=O) groups is 1. The summed E-state index contributed by atoms with van der Waals surface area (Å²) in [6.07, 6.45) is 1.63. The summed E-state index contributed by atoms with van der Waals surface area (Å²) < 4.78 is 5.00. The van der Waals surface area contributed by atoms with Crippen LogP contribution in [0.3, 0.4) is 0 Å². The maximum Gasteiger partial charge on any atom is 0.323 e. The molecule has 138 valence electrons. The molecule has 2 atom stereocenters. The van der Waals surface area contributed by atoms with E-state index >= 15 is 0 Å². The Bertz CT molecular complexity index is 678. The summed E-state index contributed by atoms with van der Waals surface area (Å²) in [5.74, 6) is -0.162. The van der Waals surface area contributed by atoms with Gasteiger partial charge in [-0.25, -0.2) is 0 Å². The van der Waals surface area contributed by atoms with Gasteiger partial charge in [0.15, 0.2) is 0 Å². The number of nitrogens with one attached hydrogen (secondary N) is 1. The number of hydroxylamine groups is 1. The molecule has 0 radical (unpaired) electrons. The van der Waals surface area contributed by atoms with Gasteiger partial charge in [0.05, 0.1) is 13.7 Å². The first-order valence-corrected chi connectivity index (χ1v) is 9.03. The number of carbonyl (C=O) groups excluding carboxylic acids is 1. The molecule has 2 aromatic rings. The molecule has 1 N–H and O–H groups in total. The molecule has 1 heterocycles. The van der Waals surface area contributed by atoms with Crippen molar-refractivity contribution in [3.8, 4) is 0 Å². The number of esters is 1. The van der Waals surface area contributed by atoms with E-state index in [4.69, 9.17) is 9.57 Å². The first-order chi connectivity index (χ1) is 12.8. The van der Waals surface area contributed by atoms with E-state index in [-0.39, 0.29) is 18.1 Å². The van der Waals surface area contributed by atoms with Crippen LogP contribution in [0.15, 0.2) is 60.7 Å². The van der Waals surface area contributed by atoms with Gasteiger partial charge >= 0.3 is 5.97 Å². The summed E-state index contributed by atoms with van der Waals surface area (Å²) in [7, 11) is 1.45. The Balaban J connectivity index is 1.57. The molecule has 5 nitrogen and oxygen atoms in total. The average Bonchev–Trinajstić information content (AvgIpc) is 2.69. The van der Waals surface area contributed by atoms with Crippen molar-refractivity contribution in [1.29, 1.82) is 0 Å². The van der Waals surface area contributed by atoms with Crippen LogP contribution in [0.25, 0.3) is 0 Å². The van der Waals surface area contributed by atoms with Crippen LogP contribution in [0.4, 0.5) is 0 Å². The molecule has 0 saturated carbocycles. The summed E-state index contributed by atoms with van der Waals surface area (Å²) in [5, 5.41) is 0. The minimum Gasteiger partial charge on any atom is -0.468 e. The van der Waals surface area contributed by atoms with Crippen LogP contribution < -0.4 is 5.48 Å². The molecule has 0 spiro atoms. The number of likely N-dealkylation sites (tertiary alicyclic amines) is 1. The lowest BCUT2D eigenvalue weighted by Gasteiger charge is -2.38. The zero-order valence-corrected chi connectivity index (χ0v) is 15.1. The Morgan fingerprint density at radius 1 is 1.04 bits per heavy atom. The summed E-state index contributed by atoms with van der Waals surface area (Å²) >= 11 is 0. The van der Waals surface area contributed by atoms with Crippen molar-refractivity contribution >= 4 is 5.97 Å². The zero-order valence-electron chi connectivity index (χ0n) is 15.1. The van der Waals surface area contributed by atoms with Crippen molar-refractivity contribution in [3.63, 3.8) is 0 Å². The smallest absolute Gasteiger partial charge is 0.323 e. The van der Waals surface area contributed by atoms with Gasteiger partial charge < -0.3 is 4.74 Å². The second kappa shape index (κ2) is 9.48. The highest BCUT2D eigenvalue weighted by Gasteiger charge is 2.33. The van der Waals surface area contributed by atoms with Gasteiger partial charge in [-0.2, -0.15) is 5.48 Å². The molecule has 5 heteroatoms. The first-order valence-electron chi connectivity index (χ1n) is 9.03. The summed E-state index contributed by atoms with van der Waals surface area (Å²) in [6.45, 7) is 1.98. The fraction of sp³-hybridized carbons (Fsp3) is 0.381. The van der Waals surface area contributed by atoms with Gasteiger partial charge in [0.2, 0.25) is 0 Å². The van der Waals surface area contributed by atoms with Gasteiger partial charge in [0.25, 0.3) is 0 Å². The standard InChI is InChI=1S/C21H26N2O3/c1-25-21(24)20-13-12-19(22-26-16-18-10-6-3-7-11-18)15-23(20)14-17-8-4-2-5-9-17/h2-11,19-20,22H,12-16H2,1H3/t19-,20+/m1/s1. The maximum absolute atomic E-state index is 12.2. The SMILES string of the molecule is COC(=O)[C@@H]1CC[C@@H](NOCc2ccccc2)CN1Cc1ccccc1. The molecule has 26 heavy (non-hydrogen) atoms. The minimum absolute atomic E-state index is 0.162. The van der Waals surface area contributed by atoms with E-state index < -0.39 is 0 Å². The summed E-state index contributed by atoms with van der Waals surface area (Å²) in [4.78, 5) is 20.0. The van der Waals surface area contributed by atoms with Crippen LogP contribution >= 0.6 is 0 Å². The summed E-state index contributed by atoms with van der Waals surface area (Å²) in [6, 6.07) is 20.3. The van der Waals surface area contributed by atoms with Crippen LogP contribution in [0.2, 0.25) is 0 Å².